The summed E-state index contributed by atoms with van der Waals surface area (Å²) in [4.78, 5) is 12.4. The van der Waals surface area contributed by atoms with E-state index >= 15 is 0 Å². The Morgan fingerprint density at radius 1 is 1.11 bits per heavy atom. The molecule has 19 heavy (non-hydrogen) atoms. The molecule has 0 aliphatic carbocycles. The molecule has 100 valence electrons. The number of fused-ring (bicyclic) bond motifs is 1. The number of carbonyl (C=O) groups is 1. The first-order valence-electron chi connectivity index (χ1n) is 6.68. The van der Waals surface area contributed by atoms with Gasteiger partial charge in [-0.15, -0.1) is 0 Å². The molecule has 0 radical (unpaired) electrons. The third kappa shape index (κ3) is 2.85. The van der Waals surface area contributed by atoms with Crippen molar-refractivity contribution in [3.05, 3.63) is 47.5 Å². The van der Waals surface area contributed by atoms with Crippen molar-refractivity contribution >= 4 is 16.6 Å². The molecule has 0 aromatic heterocycles. The first-order chi connectivity index (χ1) is 9.02. The monoisotopic (exact) mass is 256 g/mol. The molecule has 0 saturated heterocycles. The number of benzene rings is 2. The highest BCUT2D eigenvalue weighted by atomic mass is 16.3. The van der Waals surface area contributed by atoms with Gasteiger partial charge in [-0.05, 0) is 29.7 Å². The van der Waals surface area contributed by atoms with E-state index in [9.17, 15) is 9.90 Å². The molecule has 2 rings (SSSR count). The Labute approximate surface area is 114 Å². The lowest BCUT2D eigenvalue weighted by molar-refractivity contribution is 0.0807. The van der Waals surface area contributed by atoms with E-state index in [0.717, 1.165) is 10.8 Å². The van der Waals surface area contributed by atoms with Crippen LogP contribution in [0, 0.1) is 18.8 Å². The van der Waals surface area contributed by atoms with Crippen molar-refractivity contribution in [1.82, 2.24) is 0 Å². The highest BCUT2D eigenvalue weighted by molar-refractivity contribution is 6.01. The van der Waals surface area contributed by atoms with Crippen molar-refractivity contribution in [3.63, 3.8) is 0 Å². The second-order valence-corrected chi connectivity index (χ2v) is 5.46. The molecular weight excluding hydrogens is 236 g/mol. The Balaban J connectivity index is 2.40. The molecule has 2 heteroatoms. The Morgan fingerprint density at radius 2 is 1.74 bits per heavy atom. The van der Waals surface area contributed by atoms with Gasteiger partial charge in [-0.3, -0.25) is 4.79 Å². The van der Waals surface area contributed by atoms with Crippen LogP contribution in [0.1, 0.15) is 29.8 Å². The van der Waals surface area contributed by atoms with Gasteiger partial charge in [0, 0.05) is 11.5 Å². The molecule has 1 N–H and O–H groups in total. The Morgan fingerprint density at radius 3 is 2.37 bits per heavy atom. The number of carbonyl (C=O) groups excluding carboxylic acids is 1. The van der Waals surface area contributed by atoms with E-state index in [2.05, 4.69) is 13.0 Å². The SMILES string of the molecule is Cc1ccc2cc(C(=O)C(CO)C(C)C)ccc2c1. The van der Waals surface area contributed by atoms with E-state index in [1.54, 1.807) is 0 Å². The molecule has 1 atom stereocenters. The molecule has 0 aliphatic heterocycles. The number of Topliss-reactive ketones (excluding diaryl/α,β-unsaturated/α-hetero) is 1. The van der Waals surface area contributed by atoms with Gasteiger partial charge < -0.3 is 5.11 Å². The maximum atomic E-state index is 12.4. The van der Waals surface area contributed by atoms with Gasteiger partial charge >= 0.3 is 0 Å². The minimum atomic E-state index is -0.317. The topological polar surface area (TPSA) is 37.3 Å². The number of ketones is 1. The third-order valence-corrected chi connectivity index (χ3v) is 3.62. The van der Waals surface area contributed by atoms with Crippen LogP contribution in [0.5, 0.6) is 0 Å². The smallest absolute Gasteiger partial charge is 0.168 e. The van der Waals surface area contributed by atoms with Crippen LogP contribution in [-0.4, -0.2) is 17.5 Å². The molecule has 2 aromatic rings. The van der Waals surface area contributed by atoms with Gasteiger partial charge in [0.2, 0.25) is 0 Å². The molecular formula is C17H20O2. The minimum absolute atomic E-state index is 0.0278. The number of rotatable bonds is 4. The molecule has 2 aromatic carbocycles. The number of hydrogen-bond acceptors (Lipinski definition) is 2. The van der Waals surface area contributed by atoms with Gasteiger partial charge in [-0.1, -0.05) is 49.7 Å². The van der Waals surface area contributed by atoms with Crippen LogP contribution in [0.15, 0.2) is 36.4 Å². The Hall–Kier alpha value is -1.67. The normalized spacial score (nSPS) is 12.9. The minimum Gasteiger partial charge on any atom is -0.396 e. The van der Waals surface area contributed by atoms with E-state index in [-0.39, 0.29) is 24.2 Å². The van der Waals surface area contributed by atoms with Crippen LogP contribution in [0.25, 0.3) is 10.8 Å². The van der Waals surface area contributed by atoms with Crippen molar-refractivity contribution in [2.24, 2.45) is 11.8 Å². The van der Waals surface area contributed by atoms with Crippen molar-refractivity contribution in [2.75, 3.05) is 6.61 Å². The number of hydrogen-bond donors (Lipinski definition) is 1. The molecule has 0 aliphatic rings. The molecule has 0 heterocycles. The summed E-state index contributed by atoms with van der Waals surface area (Å²) in [5.41, 5.74) is 1.89. The van der Waals surface area contributed by atoms with Gasteiger partial charge in [-0.25, -0.2) is 0 Å². The van der Waals surface area contributed by atoms with Gasteiger partial charge in [0.15, 0.2) is 5.78 Å². The van der Waals surface area contributed by atoms with E-state index in [1.165, 1.54) is 5.56 Å². The summed E-state index contributed by atoms with van der Waals surface area (Å²) >= 11 is 0. The van der Waals surface area contributed by atoms with Crippen LogP contribution in [0.3, 0.4) is 0 Å². The average molecular weight is 256 g/mol. The van der Waals surface area contributed by atoms with Crippen molar-refractivity contribution in [2.45, 2.75) is 20.8 Å². The molecule has 0 bridgehead atoms. The largest absolute Gasteiger partial charge is 0.396 e. The highest BCUT2D eigenvalue weighted by Gasteiger charge is 2.22. The van der Waals surface area contributed by atoms with Crippen LogP contribution >= 0.6 is 0 Å². The lowest BCUT2D eigenvalue weighted by Gasteiger charge is -2.17. The average Bonchev–Trinajstić information content (AvgIpc) is 2.38. The van der Waals surface area contributed by atoms with Gasteiger partial charge in [0.05, 0.1) is 6.61 Å². The van der Waals surface area contributed by atoms with E-state index in [4.69, 9.17) is 0 Å². The number of aryl methyl sites for hydroxylation is 1. The molecule has 0 saturated carbocycles. The quantitative estimate of drug-likeness (QED) is 0.849. The Bertz CT molecular complexity index is 599. The van der Waals surface area contributed by atoms with Crippen LogP contribution in [-0.2, 0) is 0 Å². The van der Waals surface area contributed by atoms with Crippen LogP contribution in [0.4, 0.5) is 0 Å². The fourth-order valence-electron chi connectivity index (χ4n) is 2.33. The van der Waals surface area contributed by atoms with E-state index in [1.807, 2.05) is 44.2 Å². The zero-order chi connectivity index (χ0) is 14.0. The Kier molecular flexibility index (Phi) is 4.01. The van der Waals surface area contributed by atoms with Crippen LogP contribution in [0.2, 0.25) is 0 Å². The summed E-state index contributed by atoms with van der Waals surface area (Å²) in [5.74, 6) is -0.144. The lowest BCUT2D eigenvalue weighted by atomic mass is 9.88. The molecule has 1 unspecified atom stereocenters. The maximum Gasteiger partial charge on any atom is 0.168 e. The van der Waals surface area contributed by atoms with Crippen molar-refractivity contribution in [1.29, 1.82) is 0 Å². The summed E-state index contributed by atoms with van der Waals surface area (Å²) in [6.45, 7) is 5.88. The van der Waals surface area contributed by atoms with Gasteiger partial charge in [0.1, 0.15) is 0 Å². The fraction of sp³-hybridized carbons (Fsp3) is 0.353. The summed E-state index contributed by atoms with van der Waals surface area (Å²) in [6.07, 6.45) is 0. The predicted octanol–water partition coefficient (Wildman–Crippen LogP) is 3.60. The number of aliphatic hydroxyl groups excluding tert-OH is 1. The van der Waals surface area contributed by atoms with Crippen molar-refractivity contribution < 1.29 is 9.90 Å². The summed E-state index contributed by atoms with van der Waals surface area (Å²) in [6, 6.07) is 11.9. The summed E-state index contributed by atoms with van der Waals surface area (Å²) < 4.78 is 0. The second kappa shape index (κ2) is 5.54. The lowest BCUT2D eigenvalue weighted by Crippen LogP contribution is -2.24. The van der Waals surface area contributed by atoms with E-state index < -0.39 is 0 Å². The first-order valence-corrected chi connectivity index (χ1v) is 6.68. The zero-order valence-corrected chi connectivity index (χ0v) is 11.7. The standard InChI is InChI=1S/C17H20O2/c1-11(2)16(10-18)17(19)15-7-6-13-8-12(3)4-5-14(13)9-15/h4-9,11,16,18H,10H2,1-3H3. The molecule has 0 spiro atoms. The van der Waals surface area contributed by atoms with E-state index in [0.29, 0.717) is 5.56 Å². The van der Waals surface area contributed by atoms with Gasteiger partial charge in [0.25, 0.3) is 0 Å². The first kappa shape index (κ1) is 13.8. The van der Waals surface area contributed by atoms with Crippen molar-refractivity contribution in [3.8, 4) is 0 Å². The molecule has 0 fully saturated rings. The maximum absolute atomic E-state index is 12.4. The van der Waals surface area contributed by atoms with Crippen LogP contribution < -0.4 is 0 Å². The highest BCUT2D eigenvalue weighted by Crippen LogP contribution is 2.22. The molecule has 0 amide bonds. The number of aliphatic hydroxyl groups is 1. The molecule has 2 nitrogen and oxygen atoms in total. The summed E-state index contributed by atoms with van der Waals surface area (Å²) in [7, 11) is 0. The predicted molar refractivity (Wildman–Crippen MR) is 78.4 cm³/mol. The van der Waals surface area contributed by atoms with Gasteiger partial charge in [-0.2, -0.15) is 0 Å². The summed E-state index contributed by atoms with van der Waals surface area (Å²) in [5, 5.41) is 11.6. The fourth-order valence-corrected chi connectivity index (χ4v) is 2.33. The second-order valence-electron chi connectivity index (χ2n) is 5.46. The third-order valence-electron chi connectivity index (χ3n) is 3.62. The zero-order valence-electron chi connectivity index (χ0n) is 11.7.